The molecule has 0 bridgehead atoms. The largest absolute Gasteiger partial charge is 0.372 e. The van der Waals surface area contributed by atoms with E-state index in [1.807, 2.05) is 61.3 Å². The number of benzene rings is 3. The van der Waals surface area contributed by atoms with Crippen LogP contribution in [0.2, 0.25) is 0 Å². The molecule has 1 N–H and O–H groups in total. The lowest BCUT2D eigenvalue weighted by molar-refractivity contribution is 0.325. The van der Waals surface area contributed by atoms with Crippen molar-refractivity contribution >= 4 is 42.8 Å². The van der Waals surface area contributed by atoms with Gasteiger partial charge in [0.15, 0.2) is 0 Å². The molecule has 0 fully saturated rings. The first-order valence-corrected chi connectivity index (χ1v) is 11.9. The van der Waals surface area contributed by atoms with Gasteiger partial charge < -0.3 is 9.88 Å². The molecule has 0 aliphatic heterocycles. The number of aromatic nitrogens is 2. The predicted molar refractivity (Wildman–Crippen MR) is 127 cm³/mol. The van der Waals surface area contributed by atoms with Crippen LogP contribution in [0.5, 0.6) is 0 Å². The minimum absolute atomic E-state index is 0.0624. The van der Waals surface area contributed by atoms with Crippen LogP contribution in [0.25, 0.3) is 22.4 Å². The van der Waals surface area contributed by atoms with E-state index < -0.39 is 10.1 Å². The second kappa shape index (κ2) is 8.82. The average molecular weight is 500 g/mol. The van der Waals surface area contributed by atoms with Crippen LogP contribution in [-0.4, -0.2) is 38.6 Å². The molecule has 0 saturated carbocycles. The first-order chi connectivity index (χ1) is 14.8. The van der Waals surface area contributed by atoms with Crippen LogP contribution in [0.3, 0.4) is 0 Å². The summed E-state index contributed by atoms with van der Waals surface area (Å²) in [5.74, 6) is 0.801. The van der Waals surface area contributed by atoms with E-state index in [2.05, 4.69) is 25.9 Å². The van der Waals surface area contributed by atoms with Gasteiger partial charge in [-0.2, -0.15) is 8.42 Å². The number of likely N-dealkylation sites (N-methyl/N-ethyl adjacent to an activating group) is 1. The van der Waals surface area contributed by atoms with Crippen LogP contribution in [0.15, 0.2) is 76.1 Å². The molecule has 1 heterocycles. The Morgan fingerprint density at radius 3 is 2.45 bits per heavy atom. The SMILES string of the molecule is Cc1ccc(S(=O)(=O)OCCN(C)c2ccc(-c3nc4ccc(Br)cc4[nH]3)cc2)cc1. The van der Waals surface area contributed by atoms with Gasteiger partial charge in [-0.05, 0) is 61.5 Å². The molecule has 4 aromatic rings. The van der Waals surface area contributed by atoms with Gasteiger partial charge in [0.05, 0.1) is 22.5 Å². The van der Waals surface area contributed by atoms with E-state index in [1.165, 1.54) is 0 Å². The summed E-state index contributed by atoms with van der Waals surface area (Å²) >= 11 is 3.47. The molecule has 1 aromatic heterocycles. The Balaban J connectivity index is 1.38. The Morgan fingerprint density at radius 2 is 1.74 bits per heavy atom. The van der Waals surface area contributed by atoms with Crippen LogP contribution in [-0.2, 0) is 14.3 Å². The maximum Gasteiger partial charge on any atom is 0.297 e. The quantitative estimate of drug-likeness (QED) is 0.356. The molecule has 3 aromatic carbocycles. The van der Waals surface area contributed by atoms with Crippen molar-refractivity contribution in [3.05, 3.63) is 76.8 Å². The van der Waals surface area contributed by atoms with Gasteiger partial charge in [-0.15, -0.1) is 0 Å². The third kappa shape index (κ3) is 4.98. The number of hydrogen-bond donors (Lipinski definition) is 1. The number of nitrogens with zero attached hydrogens (tertiary/aromatic N) is 2. The zero-order chi connectivity index (χ0) is 22.0. The van der Waals surface area contributed by atoms with E-state index in [0.717, 1.165) is 38.1 Å². The van der Waals surface area contributed by atoms with E-state index in [0.29, 0.717) is 6.54 Å². The fourth-order valence-corrected chi connectivity index (χ4v) is 4.44. The van der Waals surface area contributed by atoms with Crippen molar-refractivity contribution in [3.63, 3.8) is 0 Å². The van der Waals surface area contributed by atoms with Crippen molar-refractivity contribution in [2.45, 2.75) is 11.8 Å². The molecule has 0 spiro atoms. The molecule has 0 atom stereocenters. The summed E-state index contributed by atoms with van der Waals surface area (Å²) in [7, 11) is -1.86. The molecule has 0 saturated heterocycles. The standard InChI is InChI=1S/C23H22BrN3O3S/c1-16-3-10-20(11-4-16)31(28,29)30-14-13-27(2)19-8-5-17(6-9-19)23-25-21-12-7-18(24)15-22(21)26-23/h3-12,15H,13-14H2,1-2H3,(H,25,26). The summed E-state index contributed by atoms with van der Waals surface area (Å²) in [5, 5.41) is 0. The third-order valence-corrected chi connectivity index (χ3v) is 6.82. The van der Waals surface area contributed by atoms with Crippen molar-refractivity contribution in [1.29, 1.82) is 0 Å². The smallest absolute Gasteiger partial charge is 0.297 e. The van der Waals surface area contributed by atoms with E-state index in [-0.39, 0.29) is 11.5 Å². The van der Waals surface area contributed by atoms with Gasteiger partial charge in [0, 0.05) is 29.3 Å². The van der Waals surface area contributed by atoms with Gasteiger partial charge in [-0.3, -0.25) is 4.18 Å². The van der Waals surface area contributed by atoms with Crippen LogP contribution in [0.1, 0.15) is 5.56 Å². The lowest BCUT2D eigenvalue weighted by atomic mass is 10.2. The molecular formula is C23H22BrN3O3S. The van der Waals surface area contributed by atoms with Crippen LogP contribution >= 0.6 is 15.9 Å². The van der Waals surface area contributed by atoms with Gasteiger partial charge in [-0.25, -0.2) is 4.98 Å². The number of fused-ring (bicyclic) bond motifs is 1. The maximum absolute atomic E-state index is 12.3. The van der Waals surface area contributed by atoms with Crippen LogP contribution < -0.4 is 4.90 Å². The number of anilines is 1. The van der Waals surface area contributed by atoms with Crippen molar-refractivity contribution in [2.75, 3.05) is 25.1 Å². The first kappa shape index (κ1) is 21.5. The van der Waals surface area contributed by atoms with E-state index in [1.54, 1.807) is 24.3 Å². The average Bonchev–Trinajstić information content (AvgIpc) is 3.17. The first-order valence-electron chi connectivity index (χ1n) is 9.75. The number of aryl methyl sites for hydroxylation is 1. The maximum atomic E-state index is 12.3. The lowest BCUT2D eigenvalue weighted by Gasteiger charge is -2.19. The molecule has 6 nitrogen and oxygen atoms in total. The van der Waals surface area contributed by atoms with Crippen molar-refractivity contribution in [3.8, 4) is 11.4 Å². The van der Waals surface area contributed by atoms with Crippen molar-refractivity contribution in [1.82, 2.24) is 9.97 Å². The monoisotopic (exact) mass is 499 g/mol. The molecule has 0 amide bonds. The highest BCUT2D eigenvalue weighted by Crippen LogP contribution is 2.25. The van der Waals surface area contributed by atoms with Gasteiger partial charge in [-0.1, -0.05) is 33.6 Å². The minimum Gasteiger partial charge on any atom is -0.372 e. The van der Waals surface area contributed by atoms with Gasteiger partial charge in [0.2, 0.25) is 0 Å². The van der Waals surface area contributed by atoms with E-state index >= 15 is 0 Å². The molecule has 31 heavy (non-hydrogen) atoms. The zero-order valence-corrected chi connectivity index (χ0v) is 19.6. The molecule has 0 radical (unpaired) electrons. The zero-order valence-electron chi connectivity index (χ0n) is 17.2. The topological polar surface area (TPSA) is 75.3 Å². The summed E-state index contributed by atoms with van der Waals surface area (Å²) in [6, 6.07) is 20.5. The predicted octanol–water partition coefficient (Wildman–Crippen LogP) is 5.14. The summed E-state index contributed by atoms with van der Waals surface area (Å²) < 4.78 is 30.8. The van der Waals surface area contributed by atoms with Crippen LogP contribution in [0.4, 0.5) is 5.69 Å². The summed E-state index contributed by atoms with van der Waals surface area (Å²) in [6.07, 6.45) is 0. The molecular weight excluding hydrogens is 478 g/mol. The van der Waals surface area contributed by atoms with E-state index in [9.17, 15) is 8.42 Å². The number of halogens is 1. The number of rotatable bonds is 7. The highest BCUT2D eigenvalue weighted by molar-refractivity contribution is 9.10. The number of hydrogen-bond acceptors (Lipinski definition) is 5. The fourth-order valence-electron chi connectivity index (χ4n) is 3.18. The molecule has 8 heteroatoms. The normalized spacial score (nSPS) is 11.7. The Morgan fingerprint density at radius 1 is 1.03 bits per heavy atom. The summed E-state index contributed by atoms with van der Waals surface area (Å²) in [6.45, 7) is 2.40. The summed E-state index contributed by atoms with van der Waals surface area (Å²) in [4.78, 5) is 10.1. The van der Waals surface area contributed by atoms with Crippen molar-refractivity contribution < 1.29 is 12.6 Å². The lowest BCUT2D eigenvalue weighted by Crippen LogP contribution is -2.24. The Bertz CT molecular complexity index is 1300. The fraction of sp³-hybridized carbons (Fsp3) is 0.174. The number of H-pyrrole nitrogens is 1. The highest BCUT2D eigenvalue weighted by Gasteiger charge is 2.15. The Labute approximate surface area is 190 Å². The van der Waals surface area contributed by atoms with Crippen LogP contribution in [0, 0.1) is 6.92 Å². The second-order valence-electron chi connectivity index (χ2n) is 7.30. The molecule has 0 aliphatic rings. The second-order valence-corrected chi connectivity index (χ2v) is 9.84. The molecule has 0 aliphatic carbocycles. The van der Waals surface area contributed by atoms with Gasteiger partial charge in [0.1, 0.15) is 5.82 Å². The number of aromatic amines is 1. The molecule has 4 rings (SSSR count). The molecule has 0 unspecified atom stereocenters. The minimum atomic E-state index is -3.76. The Kier molecular flexibility index (Phi) is 6.13. The molecule has 160 valence electrons. The van der Waals surface area contributed by atoms with Gasteiger partial charge in [0.25, 0.3) is 10.1 Å². The highest BCUT2D eigenvalue weighted by atomic mass is 79.9. The third-order valence-electron chi connectivity index (χ3n) is 5.00. The summed E-state index contributed by atoms with van der Waals surface area (Å²) in [5.41, 5.74) is 4.81. The van der Waals surface area contributed by atoms with Crippen molar-refractivity contribution in [2.24, 2.45) is 0 Å². The number of nitrogens with one attached hydrogen (secondary N) is 1. The van der Waals surface area contributed by atoms with Gasteiger partial charge >= 0.3 is 0 Å². The van der Waals surface area contributed by atoms with E-state index in [4.69, 9.17) is 4.18 Å². The Hall–Kier alpha value is -2.68. The number of imidazole rings is 1.